The highest BCUT2D eigenvalue weighted by Gasteiger charge is 2.30. The minimum Gasteiger partial charge on any atom is -0.374 e. The van der Waals surface area contributed by atoms with Crippen LogP contribution >= 0.6 is 23.1 Å². The van der Waals surface area contributed by atoms with Gasteiger partial charge in [-0.05, 0) is 13.3 Å². The molecular weight excluding hydrogens is 298 g/mol. The molecule has 0 unspecified atom stereocenters. The van der Waals surface area contributed by atoms with Crippen LogP contribution in [0.3, 0.4) is 0 Å². The number of rotatable bonds is 5. The van der Waals surface area contributed by atoms with Crippen molar-refractivity contribution in [2.45, 2.75) is 17.7 Å². The van der Waals surface area contributed by atoms with Gasteiger partial charge in [0.15, 0.2) is 4.34 Å². The molecule has 1 fully saturated rings. The third-order valence-corrected chi connectivity index (χ3v) is 4.87. The minimum atomic E-state index is -0.0823. The number of nitrogens with zero attached hydrogens (tertiary/aromatic N) is 3. The Balaban J connectivity index is 1.78. The van der Waals surface area contributed by atoms with E-state index < -0.39 is 0 Å². The summed E-state index contributed by atoms with van der Waals surface area (Å²) >= 11 is 2.60. The van der Waals surface area contributed by atoms with E-state index in [9.17, 15) is 9.59 Å². The molecule has 9 heteroatoms. The van der Waals surface area contributed by atoms with Crippen molar-refractivity contribution in [1.82, 2.24) is 20.4 Å². The second-order valence-electron chi connectivity index (χ2n) is 4.41. The van der Waals surface area contributed by atoms with Crippen LogP contribution < -0.4 is 11.1 Å². The van der Waals surface area contributed by atoms with E-state index in [1.807, 2.05) is 6.92 Å². The van der Waals surface area contributed by atoms with Crippen LogP contribution in [-0.2, 0) is 9.59 Å². The van der Waals surface area contributed by atoms with E-state index in [1.165, 1.54) is 23.1 Å². The molecule has 1 aromatic rings. The molecule has 110 valence electrons. The average molecular weight is 315 g/mol. The zero-order chi connectivity index (χ0) is 14.5. The van der Waals surface area contributed by atoms with Crippen LogP contribution in [0.4, 0.5) is 5.13 Å². The molecule has 20 heavy (non-hydrogen) atoms. The molecule has 2 rings (SSSR count). The van der Waals surface area contributed by atoms with Crippen molar-refractivity contribution in [3.05, 3.63) is 0 Å². The maximum atomic E-state index is 12.1. The van der Waals surface area contributed by atoms with E-state index in [0.717, 1.165) is 6.42 Å². The molecule has 0 aromatic carbocycles. The summed E-state index contributed by atoms with van der Waals surface area (Å²) in [5.41, 5.74) is 5.48. The molecule has 2 amide bonds. The number of hydrogen-bond acceptors (Lipinski definition) is 7. The first-order valence-corrected chi connectivity index (χ1v) is 8.17. The summed E-state index contributed by atoms with van der Waals surface area (Å²) < 4.78 is 0.690. The Morgan fingerprint density at radius 3 is 3.00 bits per heavy atom. The van der Waals surface area contributed by atoms with Gasteiger partial charge in [-0.1, -0.05) is 23.1 Å². The molecule has 0 radical (unpaired) electrons. The van der Waals surface area contributed by atoms with E-state index in [4.69, 9.17) is 5.73 Å². The molecule has 0 aliphatic carbocycles. The van der Waals surface area contributed by atoms with Crippen molar-refractivity contribution in [1.29, 1.82) is 0 Å². The zero-order valence-corrected chi connectivity index (χ0v) is 12.8. The van der Waals surface area contributed by atoms with Gasteiger partial charge < -0.3 is 16.0 Å². The van der Waals surface area contributed by atoms with Gasteiger partial charge in [-0.2, -0.15) is 0 Å². The van der Waals surface area contributed by atoms with Gasteiger partial charge in [0.1, 0.15) is 0 Å². The topological polar surface area (TPSA) is 101 Å². The highest BCUT2D eigenvalue weighted by molar-refractivity contribution is 8.01. The Kier molecular flexibility index (Phi) is 5.18. The first-order valence-electron chi connectivity index (χ1n) is 6.37. The highest BCUT2D eigenvalue weighted by Crippen LogP contribution is 2.25. The molecule has 2 heterocycles. The minimum absolute atomic E-state index is 0.0237. The van der Waals surface area contributed by atoms with Crippen molar-refractivity contribution in [3.8, 4) is 0 Å². The van der Waals surface area contributed by atoms with Crippen LogP contribution in [0.15, 0.2) is 4.34 Å². The Morgan fingerprint density at radius 1 is 1.55 bits per heavy atom. The Bertz CT molecular complexity index is 493. The number of nitrogen functional groups attached to an aromatic ring is 1. The Labute approximate surface area is 125 Å². The number of likely N-dealkylation sites (tertiary alicyclic amines) is 1. The fourth-order valence-electron chi connectivity index (χ4n) is 2.01. The fraction of sp³-hybridized carbons (Fsp3) is 0.636. The summed E-state index contributed by atoms with van der Waals surface area (Å²) in [6.07, 6.45) is 0.730. The number of nitrogens with two attached hydrogens (primary N) is 1. The quantitative estimate of drug-likeness (QED) is 0.753. The predicted octanol–water partition coefficient (Wildman–Crippen LogP) is 0.197. The molecule has 3 N–H and O–H groups in total. The molecule has 1 aliphatic heterocycles. The van der Waals surface area contributed by atoms with Crippen LogP contribution in [0.5, 0.6) is 0 Å². The molecule has 0 bridgehead atoms. The normalized spacial score (nSPS) is 18.2. The molecule has 1 saturated heterocycles. The second-order valence-corrected chi connectivity index (χ2v) is 6.65. The summed E-state index contributed by atoms with van der Waals surface area (Å²) in [6, 6.07) is 0. The largest absolute Gasteiger partial charge is 0.374 e. The van der Waals surface area contributed by atoms with Crippen molar-refractivity contribution in [2.24, 2.45) is 5.92 Å². The molecule has 0 saturated carbocycles. The highest BCUT2D eigenvalue weighted by atomic mass is 32.2. The zero-order valence-electron chi connectivity index (χ0n) is 11.2. The van der Waals surface area contributed by atoms with Crippen LogP contribution in [0.1, 0.15) is 13.3 Å². The lowest BCUT2D eigenvalue weighted by Crippen LogP contribution is -2.35. The lowest BCUT2D eigenvalue weighted by Gasteiger charge is -2.15. The van der Waals surface area contributed by atoms with Gasteiger partial charge in [0.25, 0.3) is 0 Å². The second kappa shape index (κ2) is 6.89. The van der Waals surface area contributed by atoms with Crippen LogP contribution in [0, 0.1) is 5.92 Å². The number of amides is 2. The van der Waals surface area contributed by atoms with Crippen LogP contribution in [0.2, 0.25) is 0 Å². The van der Waals surface area contributed by atoms with Crippen molar-refractivity contribution in [3.63, 3.8) is 0 Å². The van der Waals surface area contributed by atoms with E-state index in [-0.39, 0.29) is 17.7 Å². The molecule has 1 atom stereocenters. The molecule has 1 aliphatic rings. The van der Waals surface area contributed by atoms with Crippen LogP contribution in [0.25, 0.3) is 0 Å². The lowest BCUT2D eigenvalue weighted by molar-refractivity contribution is -0.128. The third kappa shape index (κ3) is 3.83. The monoisotopic (exact) mass is 315 g/mol. The standard InChI is InChI=1S/C11H17N5O2S2/c1-2-13-9(18)7-3-4-16(5-7)8(17)6-19-11-15-14-10(12)20-11/h7H,2-6H2,1H3,(H2,12,14)(H,13,18)/t7-/m0/s1. The van der Waals surface area contributed by atoms with E-state index in [1.54, 1.807) is 4.90 Å². The van der Waals surface area contributed by atoms with E-state index in [0.29, 0.717) is 34.9 Å². The number of nitrogens with one attached hydrogen (secondary N) is 1. The van der Waals surface area contributed by atoms with Crippen molar-refractivity contribution < 1.29 is 9.59 Å². The van der Waals surface area contributed by atoms with Crippen LogP contribution in [-0.4, -0.2) is 52.3 Å². The van der Waals surface area contributed by atoms with E-state index in [2.05, 4.69) is 15.5 Å². The third-order valence-electron chi connectivity index (χ3n) is 3.00. The number of anilines is 1. The lowest BCUT2D eigenvalue weighted by atomic mass is 10.1. The van der Waals surface area contributed by atoms with E-state index >= 15 is 0 Å². The average Bonchev–Trinajstić information content (AvgIpc) is 3.05. The number of aromatic nitrogens is 2. The molecule has 0 spiro atoms. The maximum absolute atomic E-state index is 12.1. The number of thioether (sulfide) groups is 1. The number of carbonyl (C=O) groups is 2. The van der Waals surface area contributed by atoms with Crippen molar-refractivity contribution in [2.75, 3.05) is 31.1 Å². The summed E-state index contributed by atoms with van der Waals surface area (Å²) in [6.45, 7) is 3.65. The van der Waals surface area contributed by atoms with Gasteiger partial charge >= 0.3 is 0 Å². The number of carbonyl (C=O) groups excluding carboxylic acids is 2. The summed E-state index contributed by atoms with van der Waals surface area (Å²) in [4.78, 5) is 25.5. The SMILES string of the molecule is CCNC(=O)[C@H]1CCN(C(=O)CSc2nnc(N)s2)C1. The number of hydrogen-bond donors (Lipinski definition) is 2. The predicted molar refractivity (Wildman–Crippen MR) is 78.4 cm³/mol. The van der Waals surface area contributed by atoms with Gasteiger partial charge in [0.2, 0.25) is 16.9 Å². The Morgan fingerprint density at radius 2 is 2.35 bits per heavy atom. The first kappa shape index (κ1) is 15.0. The Hall–Kier alpha value is -1.35. The van der Waals surface area contributed by atoms with Gasteiger partial charge in [-0.3, -0.25) is 9.59 Å². The first-order chi connectivity index (χ1) is 9.60. The summed E-state index contributed by atoms with van der Waals surface area (Å²) in [5, 5.41) is 10.7. The molecule has 1 aromatic heterocycles. The van der Waals surface area contributed by atoms with Gasteiger partial charge in [-0.15, -0.1) is 10.2 Å². The van der Waals surface area contributed by atoms with Gasteiger partial charge in [0.05, 0.1) is 11.7 Å². The summed E-state index contributed by atoms with van der Waals surface area (Å²) in [5.74, 6) is 0.278. The van der Waals surface area contributed by atoms with Gasteiger partial charge in [-0.25, -0.2) is 0 Å². The molecule has 7 nitrogen and oxygen atoms in total. The van der Waals surface area contributed by atoms with Crippen molar-refractivity contribution >= 4 is 40.0 Å². The fourth-order valence-corrected chi connectivity index (χ4v) is 3.55. The summed E-state index contributed by atoms with van der Waals surface area (Å²) in [7, 11) is 0. The van der Waals surface area contributed by atoms with Gasteiger partial charge in [0, 0.05) is 19.6 Å². The smallest absolute Gasteiger partial charge is 0.233 e. The molecular formula is C11H17N5O2S2. The maximum Gasteiger partial charge on any atom is 0.233 e.